The summed E-state index contributed by atoms with van der Waals surface area (Å²) >= 11 is 0. The zero-order valence-electron chi connectivity index (χ0n) is 22.1. The summed E-state index contributed by atoms with van der Waals surface area (Å²) in [5.74, 6) is 0.0369. The Hall–Kier alpha value is -2.80. The Morgan fingerprint density at radius 2 is 1.32 bits per heavy atom. The normalized spacial score (nSPS) is 28.6. The lowest BCUT2D eigenvalue weighted by molar-refractivity contribution is -0.291. The van der Waals surface area contributed by atoms with Gasteiger partial charge in [0, 0.05) is 5.92 Å². The van der Waals surface area contributed by atoms with Gasteiger partial charge in [0.15, 0.2) is 6.29 Å². The van der Waals surface area contributed by atoms with Gasteiger partial charge in [0.05, 0.1) is 38.1 Å². The van der Waals surface area contributed by atoms with E-state index >= 15 is 0 Å². The molecule has 0 bridgehead atoms. The quantitative estimate of drug-likeness (QED) is 0.259. The van der Waals surface area contributed by atoms with Crippen LogP contribution in [-0.2, 0) is 43.5 Å². The molecule has 5 rings (SSSR count). The highest BCUT2D eigenvalue weighted by Gasteiger charge is 2.55. The van der Waals surface area contributed by atoms with Crippen LogP contribution in [0.4, 0.5) is 0 Å². The Labute approximate surface area is 226 Å². The first kappa shape index (κ1) is 26.8. The van der Waals surface area contributed by atoms with Gasteiger partial charge < -0.3 is 23.7 Å². The third-order valence-corrected chi connectivity index (χ3v) is 7.38. The summed E-state index contributed by atoms with van der Waals surface area (Å²) in [6.07, 6.45) is 2.23. The molecule has 5 heteroatoms. The maximum atomic E-state index is 6.68. The van der Waals surface area contributed by atoms with Crippen molar-refractivity contribution in [2.24, 2.45) is 5.92 Å². The van der Waals surface area contributed by atoms with Crippen molar-refractivity contribution < 1.29 is 23.7 Å². The first-order chi connectivity index (χ1) is 18.6. The van der Waals surface area contributed by atoms with Gasteiger partial charge in [0.2, 0.25) is 0 Å². The molecule has 0 radical (unpaired) electrons. The summed E-state index contributed by atoms with van der Waals surface area (Å²) in [6.45, 7) is 7.93. The van der Waals surface area contributed by atoms with Crippen molar-refractivity contribution in [3.63, 3.8) is 0 Å². The maximum absolute atomic E-state index is 6.68. The van der Waals surface area contributed by atoms with Gasteiger partial charge in [-0.05, 0) is 36.5 Å². The highest BCUT2D eigenvalue weighted by Crippen LogP contribution is 2.46. The smallest absolute Gasteiger partial charge is 0.164 e. The van der Waals surface area contributed by atoms with Crippen LogP contribution in [0.1, 0.15) is 36.5 Å². The van der Waals surface area contributed by atoms with Gasteiger partial charge in [-0.15, -0.1) is 6.58 Å². The van der Waals surface area contributed by atoms with Crippen LogP contribution >= 0.6 is 0 Å². The van der Waals surface area contributed by atoms with Gasteiger partial charge >= 0.3 is 0 Å². The van der Waals surface area contributed by atoms with Crippen molar-refractivity contribution in [1.82, 2.24) is 0 Å². The largest absolute Gasteiger partial charge is 0.374 e. The molecule has 0 aromatic heterocycles. The van der Waals surface area contributed by atoms with Crippen molar-refractivity contribution >= 4 is 0 Å². The van der Waals surface area contributed by atoms with Crippen molar-refractivity contribution in [2.75, 3.05) is 6.61 Å². The van der Waals surface area contributed by atoms with Crippen LogP contribution in [-0.4, -0.2) is 36.8 Å². The van der Waals surface area contributed by atoms with E-state index in [-0.39, 0.29) is 36.1 Å². The molecule has 3 aromatic rings. The lowest BCUT2D eigenvalue weighted by Gasteiger charge is -2.43. The molecule has 0 spiro atoms. The molecule has 0 aliphatic carbocycles. The van der Waals surface area contributed by atoms with E-state index in [1.165, 1.54) is 0 Å². The molecular formula is C33H38O5. The van der Waals surface area contributed by atoms with E-state index in [1.807, 2.05) is 60.7 Å². The fourth-order valence-electron chi connectivity index (χ4n) is 5.51. The molecule has 3 aromatic carbocycles. The molecule has 200 valence electrons. The van der Waals surface area contributed by atoms with Gasteiger partial charge in [0.1, 0.15) is 12.2 Å². The van der Waals surface area contributed by atoms with Gasteiger partial charge in [-0.25, -0.2) is 0 Å². The summed E-state index contributed by atoms with van der Waals surface area (Å²) in [5.41, 5.74) is 3.01. The lowest BCUT2D eigenvalue weighted by atomic mass is 9.84. The molecule has 0 N–H and O–H groups in total. The number of ether oxygens (including phenoxy) is 5. The van der Waals surface area contributed by atoms with Crippen LogP contribution < -0.4 is 0 Å². The topological polar surface area (TPSA) is 46.2 Å². The van der Waals surface area contributed by atoms with E-state index in [9.17, 15) is 0 Å². The van der Waals surface area contributed by atoms with Gasteiger partial charge in [-0.1, -0.05) is 97.1 Å². The lowest BCUT2D eigenvalue weighted by Crippen LogP contribution is -2.56. The maximum Gasteiger partial charge on any atom is 0.164 e. The van der Waals surface area contributed by atoms with Gasteiger partial charge in [-0.3, -0.25) is 0 Å². The summed E-state index contributed by atoms with van der Waals surface area (Å²) < 4.78 is 32.6. The summed E-state index contributed by atoms with van der Waals surface area (Å²) in [7, 11) is 0. The molecule has 0 unspecified atom stereocenters. The minimum absolute atomic E-state index is 0.0369. The number of hydrogen-bond acceptors (Lipinski definition) is 5. The summed E-state index contributed by atoms with van der Waals surface area (Å²) in [4.78, 5) is 0. The van der Waals surface area contributed by atoms with Gasteiger partial charge in [-0.2, -0.15) is 0 Å². The molecule has 5 nitrogen and oxygen atoms in total. The molecule has 2 fully saturated rings. The Morgan fingerprint density at radius 1 is 0.789 bits per heavy atom. The van der Waals surface area contributed by atoms with Crippen molar-refractivity contribution in [2.45, 2.75) is 69.8 Å². The molecule has 2 aliphatic heterocycles. The predicted octanol–water partition coefficient (Wildman–Crippen LogP) is 6.47. The Kier molecular flexibility index (Phi) is 9.05. The fraction of sp³-hybridized carbons (Fsp3) is 0.394. The Balaban J connectivity index is 1.37. The first-order valence-electron chi connectivity index (χ1n) is 13.5. The summed E-state index contributed by atoms with van der Waals surface area (Å²) in [6, 6.07) is 30.7. The highest BCUT2D eigenvalue weighted by molar-refractivity contribution is 5.15. The SMILES string of the molecule is C=CC[C@@]1(C)C[C@H]2[C@H](O[C@H](COCc3ccccc3)[C@@H](OCc3ccccc3)[C@@H]2OCc2ccccc2)O1. The van der Waals surface area contributed by atoms with E-state index in [4.69, 9.17) is 23.7 Å². The van der Waals surface area contributed by atoms with Crippen LogP contribution in [0.25, 0.3) is 0 Å². The van der Waals surface area contributed by atoms with Crippen LogP contribution in [0.2, 0.25) is 0 Å². The van der Waals surface area contributed by atoms with Crippen LogP contribution in [0.3, 0.4) is 0 Å². The average molecular weight is 515 g/mol. The second kappa shape index (κ2) is 12.8. The standard InChI is InChI=1S/C33H38O5/c1-3-19-33(2)20-28-30(35-22-26-15-9-5-10-16-26)31(36-23-27-17-11-6-12-18-27)29(37-32(28)38-33)24-34-21-25-13-7-4-8-14-25/h3-18,28-32H,1,19-24H2,2H3/t28-,29-,30-,31-,32-,33+/m1/s1. The van der Waals surface area contributed by atoms with Crippen molar-refractivity contribution in [3.8, 4) is 0 Å². The second-order valence-electron chi connectivity index (χ2n) is 10.5. The minimum Gasteiger partial charge on any atom is -0.374 e. The number of benzene rings is 3. The Bertz CT molecular complexity index is 1120. The van der Waals surface area contributed by atoms with E-state index in [2.05, 4.69) is 49.9 Å². The number of rotatable bonds is 12. The predicted molar refractivity (Wildman–Crippen MR) is 147 cm³/mol. The highest BCUT2D eigenvalue weighted by atomic mass is 16.7. The minimum atomic E-state index is -0.386. The van der Waals surface area contributed by atoms with Crippen LogP contribution in [0, 0.1) is 5.92 Å². The monoisotopic (exact) mass is 514 g/mol. The zero-order valence-corrected chi connectivity index (χ0v) is 22.1. The van der Waals surface area contributed by atoms with Crippen molar-refractivity contribution in [3.05, 3.63) is 120 Å². The molecule has 2 aliphatic rings. The fourth-order valence-corrected chi connectivity index (χ4v) is 5.51. The van der Waals surface area contributed by atoms with E-state index in [1.54, 1.807) is 0 Å². The second-order valence-corrected chi connectivity index (χ2v) is 10.5. The molecule has 6 atom stereocenters. The molecule has 38 heavy (non-hydrogen) atoms. The van der Waals surface area contributed by atoms with Crippen LogP contribution in [0.15, 0.2) is 104 Å². The number of fused-ring (bicyclic) bond motifs is 1. The number of hydrogen-bond donors (Lipinski definition) is 0. The molecular weight excluding hydrogens is 476 g/mol. The van der Waals surface area contributed by atoms with E-state index in [0.717, 1.165) is 29.5 Å². The first-order valence-corrected chi connectivity index (χ1v) is 13.5. The molecule has 2 heterocycles. The molecule has 0 amide bonds. The molecule has 2 saturated heterocycles. The molecule has 0 saturated carbocycles. The van der Waals surface area contributed by atoms with E-state index in [0.29, 0.717) is 26.4 Å². The van der Waals surface area contributed by atoms with E-state index < -0.39 is 0 Å². The Morgan fingerprint density at radius 3 is 1.87 bits per heavy atom. The zero-order chi connectivity index (χ0) is 26.2. The third-order valence-electron chi connectivity index (χ3n) is 7.38. The average Bonchev–Trinajstić information content (AvgIpc) is 3.28. The van der Waals surface area contributed by atoms with Crippen molar-refractivity contribution in [1.29, 1.82) is 0 Å². The summed E-state index contributed by atoms with van der Waals surface area (Å²) in [5, 5.41) is 0. The van der Waals surface area contributed by atoms with Gasteiger partial charge in [0.25, 0.3) is 0 Å². The van der Waals surface area contributed by atoms with Crippen LogP contribution in [0.5, 0.6) is 0 Å². The third kappa shape index (κ3) is 6.79.